The van der Waals surface area contributed by atoms with Gasteiger partial charge in [0.1, 0.15) is 23.7 Å². The second-order valence-corrected chi connectivity index (χ2v) is 5.85. The van der Waals surface area contributed by atoms with Gasteiger partial charge in [0.05, 0.1) is 6.61 Å². The van der Waals surface area contributed by atoms with Crippen LogP contribution in [-0.2, 0) is 22.5 Å². The lowest BCUT2D eigenvalue weighted by Crippen LogP contribution is -2.33. The maximum atomic E-state index is 12.1. The number of rotatable bonds is 5. The first-order chi connectivity index (χ1) is 10.7. The molecule has 5 nitrogen and oxygen atoms in total. The van der Waals surface area contributed by atoms with Crippen molar-refractivity contribution in [2.45, 2.75) is 51.9 Å². The summed E-state index contributed by atoms with van der Waals surface area (Å²) in [6.45, 7) is 5.72. The summed E-state index contributed by atoms with van der Waals surface area (Å²) in [7, 11) is 0. The van der Waals surface area contributed by atoms with E-state index in [4.69, 9.17) is 14.2 Å². The van der Waals surface area contributed by atoms with Crippen molar-refractivity contribution in [1.82, 2.24) is 5.32 Å². The molecule has 0 bridgehead atoms. The van der Waals surface area contributed by atoms with Crippen LogP contribution in [0.5, 0.6) is 11.5 Å². The summed E-state index contributed by atoms with van der Waals surface area (Å²) >= 11 is 0. The molecule has 1 N–H and O–H groups in total. The molecule has 2 atom stereocenters. The van der Waals surface area contributed by atoms with Crippen molar-refractivity contribution in [3.05, 3.63) is 23.3 Å². The molecule has 2 heterocycles. The number of hydrogen-bond donors (Lipinski definition) is 1. The second-order valence-electron chi connectivity index (χ2n) is 5.85. The topological polar surface area (TPSA) is 56.8 Å². The quantitative estimate of drug-likeness (QED) is 0.906. The molecule has 2 aliphatic heterocycles. The lowest BCUT2D eigenvalue weighted by molar-refractivity contribution is -0.130. The van der Waals surface area contributed by atoms with Crippen LogP contribution in [0.1, 0.15) is 37.8 Å². The Bertz CT molecular complexity index is 552. The molecule has 0 saturated carbocycles. The van der Waals surface area contributed by atoms with Gasteiger partial charge in [-0.05, 0) is 38.8 Å². The molecule has 0 aromatic heterocycles. The highest BCUT2D eigenvalue weighted by Crippen LogP contribution is 2.35. The molecular weight excluding hydrogens is 282 g/mol. The fraction of sp³-hybridized carbons (Fsp3) is 0.588. The maximum Gasteiger partial charge on any atom is 0.249 e. The fourth-order valence-corrected chi connectivity index (χ4v) is 2.99. The van der Waals surface area contributed by atoms with Gasteiger partial charge in [-0.15, -0.1) is 0 Å². The van der Waals surface area contributed by atoms with Gasteiger partial charge in [0.15, 0.2) is 0 Å². The van der Waals surface area contributed by atoms with Crippen molar-refractivity contribution in [3.8, 4) is 11.5 Å². The standard InChI is InChI=1S/C17H23NO4/c1-3-20-15-8-12-7-11(2)22-16(12)9-13(15)10-18-17(19)14-5-4-6-21-14/h8-9,11,14H,3-7,10H2,1-2H3,(H,18,19)/t11-,14+/m1/s1. The Balaban J connectivity index is 1.71. The third-order valence-corrected chi connectivity index (χ3v) is 4.05. The number of carbonyl (C=O) groups excluding carboxylic acids is 1. The number of hydrogen-bond acceptors (Lipinski definition) is 4. The van der Waals surface area contributed by atoms with E-state index < -0.39 is 0 Å². The summed E-state index contributed by atoms with van der Waals surface area (Å²) in [5.41, 5.74) is 2.12. The Hall–Kier alpha value is -1.75. The third kappa shape index (κ3) is 3.19. The van der Waals surface area contributed by atoms with Gasteiger partial charge >= 0.3 is 0 Å². The van der Waals surface area contributed by atoms with Crippen LogP contribution in [0.3, 0.4) is 0 Å². The van der Waals surface area contributed by atoms with Gasteiger partial charge in [-0.25, -0.2) is 0 Å². The average molecular weight is 305 g/mol. The zero-order chi connectivity index (χ0) is 15.5. The first-order valence-electron chi connectivity index (χ1n) is 8.02. The van der Waals surface area contributed by atoms with Gasteiger partial charge < -0.3 is 19.5 Å². The third-order valence-electron chi connectivity index (χ3n) is 4.05. The normalized spacial score (nSPS) is 23.0. The molecule has 1 saturated heterocycles. The molecule has 1 amide bonds. The summed E-state index contributed by atoms with van der Waals surface area (Å²) in [5, 5.41) is 2.94. The molecule has 2 aliphatic rings. The van der Waals surface area contributed by atoms with E-state index in [-0.39, 0.29) is 18.1 Å². The Kier molecular flexibility index (Phi) is 4.52. The molecule has 3 rings (SSSR count). The number of amides is 1. The van der Waals surface area contributed by atoms with Gasteiger partial charge in [-0.2, -0.15) is 0 Å². The zero-order valence-electron chi connectivity index (χ0n) is 13.2. The van der Waals surface area contributed by atoms with E-state index in [9.17, 15) is 4.79 Å². The number of carbonyl (C=O) groups is 1. The van der Waals surface area contributed by atoms with Crippen LogP contribution < -0.4 is 14.8 Å². The molecule has 0 unspecified atom stereocenters. The molecule has 1 fully saturated rings. The number of ether oxygens (including phenoxy) is 3. The Morgan fingerprint density at radius 3 is 3.05 bits per heavy atom. The van der Waals surface area contributed by atoms with E-state index in [1.54, 1.807) is 0 Å². The summed E-state index contributed by atoms with van der Waals surface area (Å²) in [5.74, 6) is 1.68. The SMILES string of the molecule is CCOc1cc2c(cc1CNC(=O)[C@@H]1CCCO1)O[C@H](C)C2. The smallest absolute Gasteiger partial charge is 0.249 e. The largest absolute Gasteiger partial charge is 0.494 e. The van der Waals surface area contributed by atoms with Gasteiger partial charge in [0, 0.05) is 30.7 Å². The summed E-state index contributed by atoms with van der Waals surface area (Å²) in [6.07, 6.45) is 2.54. The second kappa shape index (κ2) is 6.57. The van der Waals surface area contributed by atoms with E-state index in [1.165, 1.54) is 5.56 Å². The predicted molar refractivity (Wildman–Crippen MR) is 82.2 cm³/mol. The van der Waals surface area contributed by atoms with Crippen molar-refractivity contribution < 1.29 is 19.0 Å². The van der Waals surface area contributed by atoms with Crippen molar-refractivity contribution in [2.24, 2.45) is 0 Å². The highest BCUT2D eigenvalue weighted by atomic mass is 16.5. The Morgan fingerprint density at radius 1 is 1.45 bits per heavy atom. The summed E-state index contributed by atoms with van der Waals surface area (Å²) in [6, 6.07) is 4.02. The van der Waals surface area contributed by atoms with Gasteiger partial charge in [-0.1, -0.05) is 0 Å². The highest BCUT2D eigenvalue weighted by molar-refractivity contribution is 5.81. The molecule has 0 aliphatic carbocycles. The molecule has 1 aromatic carbocycles. The first-order valence-corrected chi connectivity index (χ1v) is 8.02. The van der Waals surface area contributed by atoms with Crippen LogP contribution in [0.25, 0.3) is 0 Å². The monoisotopic (exact) mass is 305 g/mol. The van der Waals surface area contributed by atoms with Crippen LogP contribution in [0.15, 0.2) is 12.1 Å². The van der Waals surface area contributed by atoms with E-state index in [0.717, 1.165) is 36.3 Å². The van der Waals surface area contributed by atoms with E-state index >= 15 is 0 Å². The Labute approximate surface area is 130 Å². The van der Waals surface area contributed by atoms with Crippen molar-refractivity contribution in [1.29, 1.82) is 0 Å². The van der Waals surface area contributed by atoms with Crippen LogP contribution in [-0.4, -0.2) is 31.3 Å². The number of benzene rings is 1. The summed E-state index contributed by atoms with van der Waals surface area (Å²) < 4.78 is 16.9. The number of nitrogens with one attached hydrogen (secondary N) is 1. The molecular formula is C17H23NO4. The number of fused-ring (bicyclic) bond motifs is 1. The van der Waals surface area contributed by atoms with E-state index in [1.807, 2.05) is 19.1 Å². The predicted octanol–water partition coefficient (Wildman–Crippen LogP) is 2.20. The van der Waals surface area contributed by atoms with E-state index in [2.05, 4.69) is 12.2 Å². The van der Waals surface area contributed by atoms with Crippen molar-refractivity contribution in [2.75, 3.05) is 13.2 Å². The minimum absolute atomic E-state index is 0.0465. The van der Waals surface area contributed by atoms with Crippen LogP contribution >= 0.6 is 0 Å². The molecule has 0 radical (unpaired) electrons. The van der Waals surface area contributed by atoms with Crippen molar-refractivity contribution >= 4 is 5.91 Å². The molecule has 0 spiro atoms. The highest BCUT2D eigenvalue weighted by Gasteiger charge is 2.25. The van der Waals surface area contributed by atoms with Gasteiger partial charge in [0.2, 0.25) is 5.91 Å². The van der Waals surface area contributed by atoms with Crippen LogP contribution in [0, 0.1) is 0 Å². The van der Waals surface area contributed by atoms with Crippen molar-refractivity contribution in [3.63, 3.8) is 0 Å². The molecule has 5 heteroatoms. The van der Waals surface area contributed by atoms with Crippen LogP contribution in [0.4, 0.5) is 0 Å². The van der Waals surface area contributed by atoms with E-state index in [0.29, 0.717) is 19.8 Å². The first kappa shape index (κ1) is 15.2. The fourth-order valence-electron chi connectivity index (χ4n) is 2.99. The van der Waals surface area contributed by atoms with Crippen LogP contribution in [0.2, 0.25) is 0 Å². The molecule has 120 valence electrons. The lowest BCUT2D eigenvalue weighted by Gasteiger charge is -2.15. The van der Waals surface area contributed by atoms with Gasteiger partial charge in [-0.3, -0.25) is 4.79 Å². The minimum Gasteiger partial charge on any atom is -0.494 e. The average Bonchev–Trinajstić information content (AvgIpc) is 3.13. The summed E-state index contributed by atoms with van der Waals surface area (Å²) in [4.78, 5) is 12.1. The minimum atomic E-state index is -0.304. The van der Waals surface area contributed by atoms with Gasteiger partial charge in [0.25, 0.3) is 0 Å². The molecule has 1 aromatic rings. The Morgan fingerprint density at radius 2 is 2.32 bits per heavy atom. The maximum absolute atomic E-state index is 12.1. The zero-order valence-corrected chi connectivity index (χ0v) is 13.2. The lowest BCUT2D eigenvalue weighted by atomic mass is 10.1. The molecule has 22 heavy (non-hydrogen) atoms.